The van der Waals surface area contributed by atoms with Gasteiger partial charge in [0.1, 0.15) is 24.2 Å². The molecule has 0 spiro atoms. The minimum absolute atomic E-state index is 0.0161. The van der Waals surface area contributed by atoms with Gasteiger partial charge in [0, 0.05) is 19.8 Å². The molecule has 6 amide bonds. The van der Waals surface area contributed by atoms with Gasteiger partial charge >= 0.3 is 11.9 Å². The Morgan fingerprint density at radius 3 is 1.65 bits per heavy atom. The molecule has 40 heavy (non-hydrogen) atoms. The first kappa shape index (κ1) is 33.0. The van der Waals surface area contributed by atoms with E-state index in [1.165, 1.54) is 0 Å². The van der Waals surface area contributed by atoms with Gasteiger partial charge in [-0.05, 0) is 12.0 Å². The zero-order chi connectivity index (χ0) is 30.4. The number of carbonyl (C=O) groups is 8. The molecular formula is C24H32N6O10. The highest BCUT2D eigenvalue weighted by Crippen LogP contribution is 2.06. The number of amides is 6. The Hall–Kier alpha value is -5.02. The van der Waals surface area contributed by atoms with Crippen LogP contribution in [0.5, 0.6) is 0 Å². The Bertz CT molecular complexity index is 1130. The number of benzene rings is 1. The second-order valence-electron chi connectivity index (χ2n) is 8.73. The third-order valence-corrected chi connectivity index (χ3v) is 5.33. The molecule has 0 fully saturated rings. The van der Waals surface area contributed by atoms with Gasteiger partial charge in [0.15, 0.2) is 0 Å². The summed E-state index contributed by atoms with van der Waals surface area (Å²) in [6, 6.07) is 2.31. The number of hydrogen-bond donors (Lipinski definition) is 8. The van der Waals surface area contributed by atoms with E-state index in [1.54, 1.807) is 30.3 Å². The molecule has 0 bridgehead atoms. The summed E-state index contributed by atoms with van der Waals surface area (Å²) in [7, 11) is 0. The van der Waals surface area contributed by atoms with Gasteiger partial charge in [0.25, 0.3) is 0 Å². The quantitative estimate of drug-likeness (QED) is 0.0942. The van der Waals surface area contributed by atoms with E-state index in [1.807, 2.05) is 0 Å². The van der Waals surface area contributed by atoms with Crippen LogP contribution >= 0.6 is 0 Å². The molecular weight excluding hydrogens is 532 g/mol. The van der Waals surface area contributed by atoms with Gasteiger partial charge in [-0.3, -0.25) is 38.4 Å². The summed E-state index contributed by atoms with van der Waals surface area (Å²) >= 11 is 0. The Labute approximate surface area is 228 Å². The molecule has 0 saturated heterocycles. The van der Waals surface area contributed by atoms with Crippen LogP contribution in [0.4, 0.5) is 0 Å². The van der Waals surface area contributed by atoms with E-state index in [-0.39, 0.29) is 12.8 Å². The van der Waals surface area contributed by atoms with E-state index >= 15 is 0 Å². The zero-order valence-corrected chi connectivity index (χ0v) is 21.5. The summed E-state index contributed by atoms with van der Waals surface area (Å²) in [5.41, 5.74) is 11.2. The first-order chi connectivity index (χ1) is 18.7. The molecule has 0 aliphatic rings. The van der Waals surface area contributed by atoms with Crippen molar-refractivity contribution in [2.24, 2.45) is 11.5 Å². The average molecular weight is 565 g/mol. The monoisotopic (exact) mass is 564 g/mol. The highest BCUT2D eigenvalue weighted by molar-refractivity contribution is 5.98. The van der Waals surface area contributed by atoms with Crippen molar-refractivity contribution in [1.29, 1.82) is 0 Å². The zero-order valence-electron chi connectivity index (χ0n) is 21.5. The molecule has 1 aromatic rings. The summed E-state index contributed by atoms with van der Waals surface area (Å²) < 4.78 is 0. The van der Waals surface area contributed by atoms with E-state index in [2.05, 4.69) is 21.3 Å². The summed E-state index contributed by atoms with van der Waals surface area (Å²) in [4.78, 5) is 95.8. The summed E-state index contributed by atoms with van der Waals surface area (Å²) in [6.07, 6.45) is -2.65. The van der Waals surface area contributed by atoms with Crippen LogP contribution in [0.25, 0.3) is 0 Å². The number of carboxylic acids is 2. The average Bonchev–Trinajstić information content (AvgIpc) is 2.84. The minimum Gasteiger partial charge on any atom is -0.481 e. The molecule has 0 heterocycles. The van der Waals surface area contributed by atoms with Crippen LogP contribution in [0.3, 0.4) is 0 Å². The van der Waals surface area contributed by atoms with Crippen molar-refractivity contribution < 1.29 is 48.6 Å². The van der Waals surface area contributed by atoms with Crippen molar-refractivity contribution in [3.8, 4) is 0 Å². The number of carbonyl (C=O) groups excluding carboxylic acids is 6. The normalized spacial score (nSPS) is 13.4. The first-order valence-electron chi connectivity index (χ1n) is 11.9. The maximum atomic E-state index is 12.9. The molecule has 16 nitrogen and oxygen atoms in total. The maximum absolute atomic E-state index is 12.9. The van der Waals surface area contributed by atoms with Gasteiger partial charge in [-0.1, -0.05) is 30.3 Å². The van der Waals surface area contributed by atoms with Crippen LogP contribution in [0.2, 0.25) is 0 Å². The number of carboxylic acid groups (broad SMARTS) is 2. The van der Waals surface area contributed by atoms with Crippen molar-refractivity contribution in [3.63, 3.8) is 0 Å². The third-order valence-electron chi connectivity index (χ3n) is 5.33. The van der Waals surface area contributed by atoms with Crippen LogP contribution in [-0.2, 0) is 44.8 Å². The largest absolute Gasteiger partial charge is 0.481 e. The van der Waals surface area contributed by atoms with E-state index in [9.17, 15) is 43.5 Å². The first-order valence-corrected chi connectivity index (χ1v) is 11.9. The van der Waals surface area contributed by atoms with Gasteiger partial charge in [-0.15, -0.1) is 0 Å². The van der Waals surface area contributed by atoms with Gasteiger partial charge in [-0.2, -0.15) is 0 Å². The predicted octanol–water partition coefficient (Wildman–Crippen LogP) is -3.11. The molecule has 1 aromatic carbocycles. The van der Waals surface area contributed by atoms with Crippen molar-refractivity contribution >= 4 is 47.4 Å². The predicted molar refractivity (Wildman–Crippen MR) is 136 cm³/mol. The van der Waals surface area contributed by atoms with E-state index in [0.717, 1.165) is 6.92 Å². The van der Waals surface area contributed by atoms with Crippen LogP contribution < -0.4 is 32.7 Å². The topological polar surface area (TPSA) is 277 Å². The lowest BCUT2D eigenvalue weighted by Gasteiger charge is -2.25. The van der Waals surface area contributed by atoms with Gasteiger partial charge in [0.2, 0.25) is 35.4 Å². The number of nitrogens with one attached hydrogen (secondary N) is 4. The maximum Gasteiger partial charge on any atom is 0.305 e. The Morgan fingerprint density at radius 2 is 1.20 bits per heavy atom. The molecule has 0 unspecified atom stereocenters. The molecule has 0 radical (unpaired) electrons. The molecule has 16 heteroatoms. The van der Waals surface area contributed by atoms with Crippen LogP contribution in [0.15, 0.2) is 30.3 Å². The Balaban J connectivity index is 3.10. The van der Waals surface area contributed by atoms with Crippen molar-refractivity contribution in [2.75, 3.05) is 0 Å². The van der Waals surface area contributed by atoms with Crippen LogP contribution in [0, 0.1) is 0 Å². The fourth-order valence-corrected chi connectivity index (χ4v) is 3.47. The van der Waals surface area contributed by atoms with Gasteiger partial charge in [0.05, 0.1) is 12.8 Å². The molecule has 0 aliphatic carbocycles. The number of hydrogen-bond acceptors (Lipinski definition) is 8. The molecule has 10 N–H and O–H groups in total. The molecule has 1 rings (SSSR count). The number of rotatable bonds is 17. The molecule has 0 saturated carbocycles. The number of nitrogens with two attached hydrogens (primary N) is 2. The minimum atomic E-state index is -1.81. The van der Waals surface area contributed by atoms with E-state index in [4.69, 9.17) is 16.6 Å². The number of aliphatic carboxylic acids is 2. The summed E-state index contributed by atoms with van der Waals surface area (Å²) in [5, 5.41) is 26.9. The molecule has 4 atom stereocenters. The molecule has 0 aromatic heterocycles. The van der Waals surface area contributed by atoms with E-state index in [0.29, 0.717) is 5.56 Å². The second-order valence-corrected chi connectivity index (χ2v) is 8.73. The standard InChI is InChI=1S/C24H32N6O10/c1-12(31)27-14(7-8-19(33)34)22(38)30-17(11-20(35)36)24(40)29-16(10-18(25)32)23(39)28-15(21(26)37)9-13-5-3-2-4-6-13/h2-6,14-17H,7-11H2,1H3,(H2,25,32)(H2,26,37)(H,27,31)(H,28,39)(H,29,40)(H,30,38)(H,33,34)(H,35,36)/t14-,15-,16-,17-/m0/s1. The lowest BCUT2D eigenvalue weighted by molar-refractivity contribution is -0.142. The van der Waals surface area contributed by atoms with Crippen molar-refractivity contribution in [2.45, 2.75) is 63.2 Å². The second kappa shape index (κ2) is 16.1. The smallest absolute Gasteiger partial charge is 0.305 e. The SMILES string of the molecule is CC(=O)N[C@@H](CCC(=O)O)C(=O)N[C@@H](CC(=O)O)C(=O)N[C@@H](CC(N)=O)C(=O)N[C@@H](Cc1ccccc1)C(N)=O. The van der Waals surface area contributed by atoms with E-state index < -0.39 is 90.8 Å². The van der Waals surface area contributed by atoms with Crippen molar-refractivity contribution in [1.82, 2.24) is 21.3 Å². The third kappa shape index (κ3) is 12.5. The highest BCUT2D eigenvalue weighted by atomic mass is 16.4. The van der Waals surface area contributed by atoms with Crippen LogP contribution in [0.1, 0.15) is 38.2 Å². The summed E-state index contributed by atoms with van der Waals surface area (Å²) in [5.74, 6) is -8.76. The fraction of sp³-hybridized carbons (Fsp3) is 0.417. The summed E-state index contributed by atoms with van der Waals surface area (Å²) in [6.45, 7) is 1.06. The molecule has 0 aliphatic heterocycles. The lowest BCUT2D eigenvalue weighted by atomic mass is 10.0. The van der Waals surface area contributed by atoms with Crippen molar-refractivity contribution in [3.05, 3.63) is 35.9 Å². The fourth-order valence-electron chi connectivity index (χ4n) is 3.47. The highest BCUT2D eigenvalue weighted by Gasteiger charge is 2.32. The van der Waals surface area contributed by atoms with Gasteiger partial charge < -0.3 is 42.9 Å². The molecule has 218 valence electrons. The van der Waals surface area contributed by atoms with Gasteiger partial charge in [-0.25, -0.2) is 0 Å². The Kier molecular flexibility index (Phi) is 13.2. The Morgan fingerprint density at radius 1 is 0.700 bits per heavy atom. The lowest BCUT2D eigenvalue weighted by Crippen LogP contribution is -2.59. The van der Waals surface area contributed by atoms with Crippen LogP contribution in [-0.4, -0.2) is 81.8 Å². The number of primary amides is 2.